The van der Waals surface area contributed by atoms with Crippen molar-refractivity contribution < 1.29 is 13.8 Å². The van der Waals surface area contributed by atoms with Gasteiger partial charge in [-0.05, 0) is 13.3 Å². The monoisotopic (exact) mass is 333 g/mol. The van der Waals surface area contributed by atoms with E-state index < -0.39 is 0 Å². The van der Waals surface area contributed by atoms with E-state index in [1.165, 1.54) is 0 Å². The van der Waals surface area contributed by atoms with Crippen LogP contribution in [0.15, 0.2) is 9.05 Å². The summed E-state index contributed by atoms with van der Waals surface area (Å²) in [5.41, 5.74) is 1.36. The van der Waals surface area contributed by atoms with Gasteiger partial charge in [0.15, 0.2) is 5.82 Å². The van der Waals surface area contributed by atoms with Crippen LogP contribution < -0.4 is 0 Å². The zero-order valence-corrected chi connectivity index (χ0v) is 14.4. The lowest BCUT2D eigenvalue weighted by Gasteiger charge is -2.34. The average Bonchev–Trinajstić information content (AvgIpc) is 3.21. The Morgan fingerprint density at radius 2 is 1.83 bits per heavy atom. The first-order chi connectivity index (χ1) is 11.6. The van der Waals surface area contributed by atoms with Crippen LogP contribution in [0.2, 0.25) is 0 Å². The Morgan fingerprint density at radius 3 is 2.46 bits per heavy atom. The van der Waals surface area contributed by atoms with Crippen LogP contribution in [-0.2, 0) is 19.4 Å². The molecule has 3 heterocycles. The van der Waals surface area contributed by atoms with Crippen LogP contribution in [0.3, 0.4) is 0 Å². The number of rotatable bonds is 5. The van der Waals surface area contributed by atoms with Crippen LogP contribution in [0.5, 0.6) is 0 Å². The van der Waals surface area contributed by atoms with Crippen LogP contribution in [0.4, 0.5) is 0 Å². The Labute approximate surface area is 140 Å². The van der Waals surface area contributed by atoms with E-state index in [-0.39, 0.29) is 5.91 Å². The van der Waals surface area contributed by atoms with Gasteiger partial charge in [-0.2, -0.15) is 4.98 Å². The highest BCUT2D eigenvalue weighted by Crippen LogP contribution is 2.18. The molecule has 2 aromatic rings. The van der Waals surface area contributed by atoms with Gasteiger partial charge in [-0.15, -0.1) is 0 Å². The molecule has 0 aromatic carbocycles. The van der Waals surface area contributed by atoms with Crippen molar-refractivity contribution in [3.05, 3.63) is 28.7 Å². The third-order valence-corrected chi connectivity index (χ3v) is 4.32. The van der Waals surface area contributed by atoms with Crippen molar-refractivity contribution in [1.82, 2.24) is 25.1 Å². The van der Waals surface area contributed by atoms with Gasteiger partial charge in [0.1, 0.15) is 11.3 Å². The van der Waals surface area contributed by atoms with E-state index in [0.29, 0.717) is 49.1 Å². The van der Waals surface area contributed by atoms with E-state index in [9.17, 15) is 4.79 Å². The molecule has 24 heavy (non-hydrogen) atoms. The summed E-state index contributed by atoms with van der Waals surface area (Å²) < 4.78 is 10.3. The lowest BCUT2D eigenvalue weighted by Crippen LogP contribution is -2.48. The first-order valence-corrected chi connectivity index (χ1v) is 8.40. The van der Waals surface area contributed by atoms with Crippen LogP contribution in [0.25, 0.3) is 0 Å². The van der Waals surface area contributed by atoms with Gasteiger partial charge >= 0.3 is 0 Å². The molecule has 130 valence electrons. The summed E-state index contributed by atoms with van der Waals surface area (Å²) in [6.45, 7) is 9.31. The molecule has 8 heteroatoms. The first kappa shape index (κ1) is 16.6. The van der Waals surface area contributed by atoms with Gasteiger partial charge in [0.2, 0.25) is 5.89 Å². The van der Waals surface area contributed by atoms with Crippen molar-refractivity contribution in [3.63, 3.8) is 0 Å². The number of carbonyl (C=O) groups is 1. The smallest absolute Gasteiger partial charge is 0.259 e. The number of piperazine rings is 1. The Hall–Kier alpha value is -2.22. The highest BCUT2D eigenvalue weighted by molar-refractivity contribution is 5.96. The second kappa shape index (κ2) is 7.12. The SMILES string of the molecule is CCc1nc(CN2CCN(C(=O)c3c(CC)noc3C)CC2)no1. The van der Waals surface area contributed by atoms with E-state index in [0.717, 1.165) is 25.2 Å². The van der Waals surface area contributed by atoms with Crippen molar-refractivity contribution in [3.8, 4) is 0 Å². The molecule has 1 amide bonds. The van der Waals surface area contributed by atoms with Crippen molar-refractivity contribution in [2.24, 2.45) is 0 Å². The predicted octanol–water partition coefficient (Wildman–Crippen LogP) is 1.45. The fourth-order valence-corrected chi connectivity index (χ4v) is 2.90. The Balaban J connectivity index is 1.58. The molecular weight excluding hydrogens is 310 g/mol. The predicted molar refractivity (Wildman–Crippen MR) is 85.5 cm³/mol. The molecule has 1 aliphatic heterocycles. The molecule has 0 saturated carbocycles. The van der Waals surface area contributed by atoms with Gasteiger partial charge in [-0.1, -0.05) is 24.2 Å². The van der Waals surface area contributed by atoms with Gasteiger partial charge < -0.3 is 13.9 Å². The van der Waals surface area contributed by atoms with Crippen molar-refractivity contribution >= 4 is 5.91 Å². The molecule has 1 fully saturated rings. The first-order valence-electron chi connectivity index (χ1n) is 8.40. The average molecular weight is 333 g/mol. The molecule has 1 saturated heterocycles. The summed E-state index contributed by atoms with van der Waals surface area (Å²) >= 11 is 0. The molecule has 8 nitrogen and oxygen atoms in total. The minimum atomic E-state index is 0.0121. The molecule has 0 N–H and O–H groups in total. The molecule has 0 unspecified atom stereocenters. The number of aryl methyl sites for hydroxylation is 3. The Kier molecular flexibility index (Phi) is 4.94. The number of hydrogen-bond acceptors (Lipinski definition) is 7. The Morgan fingerprint density at radius 1 is 1.08 bits per heavy atom. The summed E-state index contributed by atoms with van der Waals surface area (Å²) in [5, 5.41) is 7.95. The van der Waals surface area contributed by atoms with Crippen LogP contribution in [0.1, 0.15) is 47.4 Å². The van der Waals surface area contributed by atoms with E-state index in [1.54, 1.807) is 6.92 Å². The minimum Gasteiger partial charge on any atom is -0.361 e. The normalized spacial score (nSPS) is 15.9. The zero-order chi connectivity index (χ0) is 17.1. The number of carbonyl (C=O) groups excluding carboxylic acids is 1. The van der Waals surface area contributed by atoms with Crippen LogP contribution >= 0.6 is 0 Å². The maximum absolute atomic E-state index is 12.7. The van der Waals surface area contributed by atoms with Crippen LogP contribution in [-0.4, -0.2) is 57.2 Å². The largest absolute Gasteiger partial charge is 0.361 e. The maximum atomic E-state index is 12.7. The molecule has 0 bridgehead atoms. The molecule has 0 atom stereocenters. The molecule has 0 radical (unpaired) electrons. The molecule has 0 aliphatic carbocycles. The van der Waals surface area contributed by atoms with Crippen molar-refractivity contribution in [2.75, 3.05) is 26.2 Å². The van der Waals surface area contributed by atoms with Gasteiger partial charge in [0.25, 0.3) is 5.91 Å². The van der Waals surface area contributed by atoms with E-state index in [1.807, 2.05) is 18.7 Å². The summed E-state index contributed by atoms with van der Waals surface area (Å²) in [7, 11) is 0. The fourth-order valence-electron chi connectivity index (χ4n) is 2.90. The Bertz CT molecular complexity index is 700. The standard InChI is InChI=1S/C16H23N5O3/c1-4-12-15(11(3)23-18-12)16(22)21-8-6-20(7-9-21)10-13-17-14(5-2)24-19-13/h4-10H2,1-3H3. The van der Waals surface area contributed by atoms with Gasteiger partial charge in [0, 0.05) is 32.6 Å². The summed E-state index contributed by atoms with van der Waals surface area (Å²) in [5.74, 6) is 1.97. The topological polar surface area (TPSA) is 88.5 Å². The second-order valence-electron chi connectivity index (χ2n) is 5.94. The van der Waals surface area contributed by atoms with Crippen LogP contribution in [0, 0.1) is 6.92 Å². The molecule has 0 spiro atoms. The number of hydrogen-bond donors (Lipinski definition) is 0. The molecule has 3 rings (SSSR count). The van der Waals surface area contributed by atoms with Gasteiger partial charge in [0.05, 0.1) is 12.2 Å². The highest BCUT2D eigenvalue weighted by Gasteiger charge is 2.27. The maximum Gasteiger partial charge on any atom is 0.259 e. The van der Waals surface area contributed by atoms with Crippen molar-refractivity contribution in [2.45, 2.75) is 40.2 Å². The van der Waals surface area contributed by atoms with E-state index >= 15 is 0 Å². The lowest BCUT2D eigenvalue weighted by atomic mass is 10.1. The van der Waals surface area contributed by atoms with E-state index in [2.05, 4.69) is 20.2 Å². The van der Waals surface area contributed by atoms with E-state index in [4.69, 9.17) is 9.05 Å². The number of nitrogens with zero attached hydrogens (tertiary/aromatic N) is 5. The highest BCUT2D eigenvalue weighted by atomic mass is 16.5. The lowest BCUT2D eigenvalue weighted by molar-refractivity contribution is 0.0622. The van der Waals surface area contributed by atoms with Gasteiger partial charge in [-0.25, -0.2) is 0 Å². The second-order valence-corrected chi connectivity index (χ2v) is 5.94. The number of aromatic nitrogens is 3. The molecule has 1 aliphatic rings. The minimum absolute atomic E-state index is 0.0121. The zero-order valence-electron chi connectivity index (χ0n) is 14.4. The quantitative estimate of drug-likeness (QED) is 0.818. The third kappa shape index (κ3) is 3.33. The molecule has 2 aromatic heterocycles. The fraction of sp³-hybridized carbons (Fsp3) is 0.625. The summed E-state index contributed by atoms with van der Waals surface area (Å²) in [6, 6.07) is 0. The van der Waals surface area contributed by atoms with Crippen molar-refractivity contribution in [1.29, 1.82) is 0 Å². The van der Waals surface area contributed by atoms with Gasteiger partial charge in [-0.3, -0.25) is 9.69 Å². The molecular formula is C16H23N5O3. The summed E-state index contributed by atoms with van der Waals surface area (Å²) in [4.78, 5) is 21.2. The summed E-state index contributed by atoms with van der Waals surface area (Å²) in [6.07, 6.45) is 1.43. The number of amides is 1. The third-order valence-electron chi connectivity index (χ3n) is 4.32.